The Kier molecular flexibility index (Phi) is 9.91. The molecule has 1 amide bonds. The predicted octanol–water partition coefficient (Wildman–Crippen LogP) is 4.32. The predicted molar refractivity (Wildman–Crippen MR) is 182 cm³/mol. The van der Waals surface area contributed by atoms with Crippen LogP contribution in [0.15, 0.2) is 49.1 Å². The number of nitrogens with zero attached hydrogens (tertiary/aromatic N) is 7. The summed E-state index contributed by atoms with van der Waals surface area (Å²) < 4.78 is 6.22. The molecule has 10 nitrogen and oxygen atoms in total. The molecular formula is C37H43N7O3. The molecule has 0 saturated carbocycles. The number of benzene rings is 2. The van der Waals surface area contributed by atoms with Crippen molar-refractivity contribution in [3.63, 3.8) is 0 Å². The molecule has 2 aromatic carbocycles. The number of carbonyl (C=O) groups excluding carboxylic acids is 1. The zero-order valence-electron chi connectivity index (χ0n) is 27.2. The fraction of sp³-hybridized carbons (Fsp3) is 0.459. The Morgan fingerprint density at radius 2 is 1.89 bits per heavy atom. The lowest BCUT2D eigenvalue weighted by molar-refractivity contribution is -0.128. The first kappa shape index (κ1) is 32.3. The molecule has 3 aromatic rings. The number of piperidine rings is 1. The second-order valence-electron chi connectivity index (χ2n) is 12.8. The van der Waals surface area contributed by atoms with E-state index in [-0.39, 0.29) is 30.9 Å². The number of amides is 1. The van der Waals surface area contributed by atoms with Gasteiger partial charge in [0.05, 0.1) is 36.5 Å². The average Bonchev–Trinajstić information content (AvgIpc) is 3.10. The van der Waals surface area contributed by atoms with Gasteiger partial charge in [-0.05, 0) is 62.4 Å². The van der Waals surface area contributed by atoms with Crippen LogP contribution in [-0.2, 0) is 17.8 Å². The lowest BCUT2D eigenvalue weighted by Gasteiger charge is -2.43. The highest BCUT2D eigenvalue weighted by Gasteiger charge is 2.35. The molecule has 2 fully saturated rings. The molecule has 1 N–H and O–H groups in total. The lowest BCUT2D eigenvalue weighted by Crippen LogP contribution is -2.55. The van der Waals surface area contributed by atoms with E-state index in [1.807, 2.05) is 0 Å². The zero-order valence-corrected chi connectivity index (χ0v) is 27.2. The number of pyridine rings is 1. The van der Waals surface area contributed by atoms with Gasteiger partial charge in [0.25, 0.3) is 0 Å². The topological polar surface area (TPSA) is 120 Å². The number of aromatic nitrogens is 1. The van der Waals surface area contributed by atoms with Gasteiger partial charge in [0.1, 0.15) is 24.3 Å². The molecule has 2 atom stereocenters. The number of likely N-dealkylation sites (tertiary alicyclic amines) is 1. The second kappa shape index (κ2) is 14.4. The van der Waals surface area contributed by atoms with Gasteiger partial charge < -0.3 is 29.4 Å². The van der Waals surface area contributed by atoms with E-state index in [2.05, 4.69) is 76.7 Å². The molecule has 3 aliphatic heterocycles. The van der Waals surface area contributed by atoms with Crippen molar-refractivity contribution in [3.05, 3.63) is 71.4 Å². The minimum Gasteiger partial charge on any atom is -0.474 e. The maximum absolute atomic E-state index is 12.6. The zero-order chi connectivity index (χ0) is 32.9. The second-order valence-corrected chi connectivity index (χ2v) is 12.8. The van der Waals surface area contributed by atoms with Crippen LogP contribution in [0.25, 0.3) is 10.8 Å². The fourth-order valence-corrected chi connectivity index (χ4v) is 7.48. The van der Waals surface area contributed by atoms with Gasteiger partial charge in [-0.3, -0.25) is 4.79 Å². The van der Waals surface area contributed by atoms with E-state index in [1.54, 1.807) is 4.90 Å². The monoisotopic (exact) mass is 633 g/mol. The van der Waals surface area contributed by atoms with Gasteiger partial charge in [-0.25, -0.2) is 4.98 Å². The standard InChI is InChI=1S/C37H43N7O3/c1-3-34(46)44-20-19-43(22-28(44)13-15-38)36-30-14-18-42(33-12-8-11-27-10-7-9-26(2)35(27)33)24-32(30)40-37(31(36)21-39)47-25-29(45)23-41-16-5-4-6-17-41/h3,7-12,28-29,45H,1,4-6,13-14,16-20,22-25H2,2H3/t28-,29+/m0/s1. The Hall–Kier alpha value is -4.64. The van der Waals surface area contributed by atoms with Crippen molar-refractivity contribution in [2.45, 2.75) is 57.7 Å². The van der Waals surface area contributed by atoms with Crippen molar-refractivity contribution in [1.29, 1.82) is 10.5 Å². The van der Waals surface area contributed by atoms with Crippen LogP contribution >= 0.6 is 0 Å². The van der Waals surface area contributed by atoms with Gasteiger partial charge in [0.15, 0.2) is 0 Å². The summed E-state index contributed by atoms with van der Waals surface area (Å²) >= 11 is 0. The van der Waals surface area contributed by atoms with Crippen LogP contribution in [0.2, 0.25) is 0 Å². The van der Waals surface area contributed by atoms with Crippen molar-refractivity contribution in [2.24, 2.45) is 0 Å². The summed E-state index contributed by atoms with van der Waals surface area (Å²) in [5, 5.41) is 33.5. The molecule has 0 spiro atoms. The third-order valence-electron chi connectivity index (χ3n) is 9.75. The third kappa shape index (κ3) is 6.76. The van der Waals surface area contributed by atoms with Crippen LogP contribution < -0.4 is 14.5 Å². The number of β-amino-alcohol motifs (C(OH)–C–C–N with tert-alkyl or cyclic N) is 1. The van der Waals surface area contributed by atoms with Crippen molar-refractivity contribution in [3.8, 4) is 18.0 Å². The number of piperazine rings is 1. The minimum absolute atomic E-state index is 0.0291. The molecule has 0 bridgehead atoms. The Balaban J connectivity index is 1.36. The first-order chi connectivity index (χ1) is 22.9. The molecule has 2 saturated heterocycles. The van der Waals surface area contributed by atoms with Crippen LogP contribution in [-0.4, -0.2) is 90.4 Å². The lowest BCUT2D eigenvalue weighted by atomic mass is 9.95. The Bertz CT molecular complexity index is 1720. The summed E-state index contributed by atoms with van der Waals surface area (Å²) in [4.78, 5) is 26.1. The van der Waals surface area contributed by atoms with Crippen molar-refractivity contribution >= 4 is 28.1 Å². The molecule has 10 heteroatoms. The van der Waals surface area contributed by atoms with E-state index in [0.29, 0.717) is 44.7 Å². The third-order valence-corrected chi connectivity index (χ3v) is 9.75. The number of aryl methyl sites for hydroxylation is 1. The molecule has 6 rings (SSSR count). The summed E-state index contributed by atoms with van der Waals surface area (Å²) in [5.41, 5.74) is 5.28. The average molecular weight is 634 g/mol. The number of carbonyl (C=O) groups is 1. The van der Waals surface area contributed by atoms with E-state index in [0.717, 1.165) is 55.1 Å². The molecule has 1 aromatic heterocycles. The largest absolute Gasteiger partial charge is 0.474 e. The van der Waals surface area contributed by atoms with E-state index in [9.17, 15) is 20.4 Å². The van der Waals surface area contributed by atoms with Crippen LogP contribution in [0, 0.1) is 29.6 Å². The number of aliphatic hydroxyl groups excluding tert-OH is 1. The fourth-order valence-electron chi connectivity index (χ4n) is 7.48. The highest BCUT2D eigenvalue weighted by atomic mass is 16.5. The van der Waals surface area contributed by atoms with Crippen molar-refractivity contribution in [2.75, 3.05) is 62.2 Å². The normalized spacial score (nSPS) is 19.1. The van der Waals surface area contributed by atoms with E-state index < -0.39 is 6.10 Å². The number of nitriles is 2. The van der Waals surface area contributed by atoms with Crippen LogP contribution in [0.4, 0.5) is 11.4 Å². The minimum atomic E-state index is -0.718. The maximum atomic E-state index is 12.6. The molecule has 0 unspecified atom stereocenters. The summed E-state index contributed by atoms with van der Waals surface area (Å²) in [7, 11) is 0. The number of aliphatic hydroxyl groups is 1. The van der Waals surface area contributed by atoms with Gasteiger partial charge in [-0.2, -0.15) is 10.5 Å². The van der Waals surface area contributed by atoms with Crippen molar-refractivity contribution < 1.29 is 14.6 Å². The van der Waals surface area contributed by atoms with Crippen LogP contribution in [0.3, 0.4) is 0 Å². The van der Waals surface area contributed by atoms with Gasteiger partial charge >= 0.3 is 0 Å². The highest BCUT2D eigenvalue weighted by molar-refractivity contribution is 5.97. The number of fused-ring (bicyclic) bond motifs is 2. The number of hydrogen-bond acceptors (Lipinski definition) is 9. The maximum Gasteiger partial charge on any atom is 0.246 e. The Morgan fingerprint density at radius 3 is 2.64 bits per heavy atom. The molecule has 47 heavy (non-hydrogen) atoms. The van der Waals surface area contributed by atoms with Gasteiger partial charge in [0.2, 0.25) is 11.8 Å². The van der Waals surface area contributed by atoms with E-state index >= 15 is 0 Å². The smallest absolute Gasteiger partial charge is 0.246 e. The number of rotatable bonds is 9. The molecule has 4 heterocycles. The van der Waals surface area contributed by atoms with E-state index in [4.69, 9.17) is 9.72 Å². The quantitative estimate of drug-likeness (QED) is 0.344. The SMILES string of the molecule is C=CC(=O)N1CCN(c2c(C#N)c(OC[C@H](O)CN3CCCCC3)nc3c2CCN(c2cccc4cccc(C)c24)C3)C[C@@H]1CC#N. The number of anilines is 2. The number of hydrogen-bond donors (Lipinski definition) is 1. The van der Waals surface area contributed by atoms with Crippen LogP contribution in [0.1, 0.15) is 48.1 Å². The molecule has 244 valence electrons. The summed E-state index contributed by atoms with van der Waals surface area (Å²) in [5.74, 6) is 0.0197. The van der Waals surface area contributed by atoms with Gasteiger partial charge in [-0.15, -0.1) is 0 Å². The highest BCUT2D eigenvalue weighted by Crippen LogP contribution is 2.40. The molecule has 0 aliphatic carbocycles. The van der Waals surface area contributed by atoms with Gasteiger partial charge in [-0.1, -0.05) is 43.3 Å². The molecular weight excluding hydrogens is 590 g/mol. The first-order valence-corrected chi connectivity index (χ1v) is 16.7. The first-order valence-electron chi connectivity index (χ1n) is 16.7. The summed E-state index contributed by atoms with van der Waals surface area (Å²) in [6.07, 6.45) is 4.90. The van der Waals surface area contributed by atoms with E-state index in [1.165, 1.54) is 28.8 Å². The summed E-state index contributed by atoms with van der Waals surface area (Å²) in [6.45, 7) is 10.8. The van der Waals surface area contributed by atoms with Gasteiger partial charge in [0, 0.05) is 49.4 Å². The molecule has 0 radical (unpaired) electrons. The number of ether oxygens (including phenoxy) is 1. The molecule has 3 aliphatic rings. The van der Waals surface area contributed by atoms with Crippen LogP contribution in [0.5, 0.6) is 5.88 Å². The van der Waals surface area contributed by atoms with Crippen molar-refractivity contribution in [1.82, 2.24) is 14.8 Å². The Morgan fingerprint density at radius 1 is 1.11 bits per heavy atom. The Labute approximate surface area is 277 Å². The summed E-state index contributed by atoms with van der Waals surface area (Å²) in [6, 6.07) is 17.0.